The molecule has 0 saturated heterocycles. The largest absolute Gasteiger partial charge is 0.308 e. The number of nitrogens with one attached hydrogen (secondary N) is 1. The van der Waals surface area contributed by atoms with Gasteiger partial charge in [-0.2, -0.15) is 0 Å². The van der Waals surface area contributed by atoms with Crippen molar-refractivity contribution in [2.24, 2.45) is 17.8 Å². The molecule has 0 radical (unpaired) electrons. The van der Waals surface area contributed by atoms with Gasteiger partial charge in [0.2, 0.25) is 10.0 Å². The molecule has 0 heterocycles. The molecule has 4 bridgehead atoms. The third kappa shape index (κ3) is 3.38. The molecule has 5 heteroatoms. The van der Waals surface area contributed by atoms with Crippen LogP contribution in [0.5, 0.6) is 0 Å². The van der Waals surface area contributed by atoms with Crippen LogP contribution < -0.4 is 4.72 Å². The first-order chi connectivity index (χ1) is 11.9. The SMILES string of the molecule is CN(C)CCNS(=O)(=O)c1ccc(C23CC4CC(CC(C4)C2)C3)cc1. The van der Waals surface area contributed by atoms with E-state index in [9.17, 15) is 8.42 Å². The van der Waals surface area contributed by atoms with Crippen LogP contribution in [-0.2, 0) is 15.4 Å². The van der Waals surface area contributed by atoms with Gasteiger partial charge in [-0.1, -0.05) is 12.1 Å². The van der Waals surface area contributed by atoms with Crippen LogP contribution in [-0.4, -0.2) is 40.5 Å². The van der Waals surface area contributed by atoms with Crippen LogP contribution in [0.1, 0.15) is 44.1 Å². The Morgan fingerprint density at radius 2 is 1.52 bits per heavy atom. The van der Waals surface area contributed by atoms with Crippen LogP contribution in [0.4, 0.5) is 0 Å². The summed E-state index contributed by atoms with van der Waals surface area (Å²) in [5, 5.41) is 0. The second-order valence-electron chi connectivity index (χ2n) is 8.92. The van der Waals surface area contributed by atoms with Crippen molar-refractivity contribution in [1.82, 2.24) is 9.62 Å². The Morgan fingerprint density at radius 1 is 1.00 bits per heavy atom. The van der Waals surface area contributed by atoms with E-state index in [2.05, 4.69) is 16.9 Å². The third-order valence-corrected chi connectivity index (χ3v) is 8.14. The normalized spacial score (nSPS) is 34.0. The van der Waals surface area contributed by atoms with E-state index < -0.39 is 10.0 Å². The fourth-order valence-corrected chi connectivity index (χ4v) is 6.96. The highest BCUT2D eigenvalue weighted by Gasteiger charge is 2.51. The van der Waals surface area contributed by atoms with Crippen LogP contribution >= 0.6 is 0 Å². The van der Waals surface area contributed by atoms with Gasteiger partial charge in [-0.25, -0.2) is 13.1 Å². The summed E-state index contributed by atoms with van der Waals surface area (Å²) in [6.07, 6.45) is 8.23. The van der Waals surface area contributed by atoms with Gasteiger partial charge in [-0.3, -0.25) is 0 Å². The summed E-state index contributed by atoms with van der Waals surface area (Å²) in [6, 6.07) is 7.80. The molecule has 4 fully saturated rings. The molecule has 0 amide bonds. The van der Waals surface area contributed by atoms with E-state index in [1.165, 1.54) is 44.1 Å². The van der Waals surface area contributed by atoms with E-state index in [0.29, 0.717) is 23.4 Å². The minimum atomic E-state index is -3.41. The maximum atomic E-state index is 12.4. The molecule has 138 valence electrons. The van der Waals surface area contributed by atoms with E-state index in [1.54, 1.807) is 0 Å². The number of benzene rings is 1. The third-order valence-electron chi connectivity index (χ3n) is 6.67. The molecule has 0 atom stereocenters. The Kier molecular flexibility index (Phi) is 4.45. The van der Waals surface area contributed by atoms with E-state index >= 15 is 0 Å². The molecule has 1 aromatic carbocycles. The Morgan fingerprint density at radius 3 is 2.00 bits per heavy atom. The predicted molar refractivity (Wildman–Crippen MR) is 100 cm³/mol. The van der Waals surface area contributed by atoms with Crippen molar-refractivity contribution >= 4 is 10.0 Å². The molecule has 4 saturated carbocycles. The highest BCUT2D eigenvalue weighted by molar-refractivity contribution is 7.89. The molecule has 0 spiro atoms. The van der Waals surface area contributed by atoms with Crippen molar-refractivity contribution in [1.29, 1.82) is 0 Å². The van der Waals surface area contributed by atoms with Gasteiger partial charge in [0.05, 0.1) is 4.90 Å². The summed E-state index contributed by atoms with van der Waals surface area (Å²) in [5.74, 6) is 2.71. The zero-order valence-corrected chi connectivity index (χ0v) is 16.2. The highest BCUT2D eigenvalue weighted by atomic mass is 32.2. The van der Waals surface area contributed by atoms with Crippen LogP contribution in [0.2, 0.25) is 0 Å². The predicted octanol–water partition coefficient (Wildman–Crippen LogP) is 2.99. The number of sulfonamides is 1. The minimum Gasteiger partial charge on any atom is -0.308 e. The molecule has 1 N–H and O–H groups in total. The van der Waals surface area contributed by atoms with Gasteiger partial charge in [-0.05, 0) is 93.5 Å². The van der Waals surface area contributed by atoms with E-state index in [-0.39, 0.29) is 0 Å². The fraction of sp³-hybridized carbons (Fsp3) is 0.700. The Balaban J connectivity index is 1.51. The van der Waals surface area contributed by atoms with Crippen molar-refractivity contribution in [3.05, 3.63) is 29.8 Å². The fourth-order valence-electron chi connectivity index (χ4n) is 5.94. The summed E-state index contributed by atoms with van der Waals surface area (Å²) in [4.78, 5) is 2.36. The molecule has 4 aliphatic carbocycles. The molecule has 0 aliphatic heterocycles. The van der Waals surface area contributed by atoms with Gasteiger partial charge in [0.1, 0.15) is 0 Å². The van der Waals surface area contributed by atoms with E-state index in [0.717, 1.165) is 17.8 Å². The second-order valence-corrected chi connectivity index (χ2v) is 10.7. The monoisotopic (exact) mass is 362 g/mol. The van der Waals surface area contributed by atoms with Crippen LogP contribution in [0, 0.1) is 17.8 Å². The zero-order chi connectivity index (χ0) is 17.7. The van der Waals surface area contributed by atoms with Crippen molar-refractivity contribution in [2.45, 2.75) is 48.8 Å². The van der Waals surface area contributed by atoms with E-state index in [4.69, 9.17) is 0 Å². The van der Waals surface area contributed by atoms with Gasteiger partial charge >= 0.3 is 0 Å². The van der Waals surface area contributed by atoms with Gasteiger partial charge in [0.15, 0.2) is 0 Å². The molecular weight excluding hydrogens is 332 g/mol. The van der Waals surface area contributed by atoms with Crippen LogP contribution in [0.3, 0.4) is 0 Å². The lowest BCUT2D eigenvalue weighted by Gasteiger charge is -2.57. The zero-order valence-electron chi connectivity index (χ0n) is 15.4. The summed E-state index contributed by atoms with van der Waals surface area (Å²) in [7, 11) is 0.473. The summed E-state index contributed by atoms with van der Waals surface area (Å²) in [5.41, 5.74) is 1.70. The molecule has 0 aromatic heterocycles. The second kappa shape index (κ2) is 6.36. The lowest BCUT2D eigenvalue weighted by Crippen LogP contribution is -2.48. The Hall–Kier alpha value is -0.910. The molecule has 25 heavy (non-hydrogen) atoms. The van der Waals surface area contributed by atoms with E-state index in [1.807, 2.05) is 31.1 Å². The summed E-state index contributed by atoms with van der Waals surface area (Å²) < 4.78 is 27.6. The molecule has 1 aromatic rings. The number of likely N-dealkylation sites (N-methyl/N-ethyl adjacent to an activating group) is 1. The average molecular weight is 363 g/mol. The first-order valence-corrected chi connectivity index (χ1v) is 11.1. The van der Waals surface area contributed by atoms with Crippen molar-refractivity contribution in [3.63, 3.8) is 0 Å². The number of nitrogens with zero attached hydrogens (tertiary/aromatic N) is 1. The van der Waals surface area contributed by atoms with Crippen LogP contribution in [0.25, 0.3) is 0 Å². The molecular formula is C20H30N2O2S. The minimum absolute atomic E-state index is 0.329. The highest BCUT2D eigenvalue weighted by Crippen LogP contribution is 2.60. The molecule has 4 aliphatic rings. The van der Waals surface area contributed by atoms with Gasteiger partial charge in [0, 0.05) is 13.1 Å². The topological polar surface area (TPSA) is 49.4 Å². The molecule has 4 nitrogen and oxygen atoms in total. The summed E-state index contributed by atoms with van der Waals surface area (Å²) in [6.45, 7) is 1.14. The lowest BCUT2D eigenvalue weighted by atomic mass is 9.48. The van der Waals surface area contributed by atoms with Gasteiger partial charge in [0.25, 0.3) is 0 Å². The first-order valence-electron chi connectivity index (χ1n) is 9.61. The Bertz CT molecular complexity index is 689. The number of rotatable bonds is 6. The van der Waals surface area contributed by atoms with Gasteiger partial charge < -0.3 is 4.90 Å². The quantitative estimate of drug-likeness (QED) is 0.846. The maximum absolute atomic E-state index is 12.4. The maximum Gasteiger partial charge on any atom is 0.240 e. The lowest BCUT2D eigenvalue weighted by molar-refractivity contribution is -0.00521. The standard InChI is InChI=1S/C20H30N2O2S/c1-22(2)8-7-21-25(23,24)19-5-3-18(4-6-19)20-12-15-9-16(13-20)11-17(10-15)14-20/h3-6,15-17,21H,7-14H2,1-2H3. The number of hydrogen-bond donors (Lipinski definition) is 1. The average Bonchev–Trinajstić information content (AvgIpc) is 2.53. The summed E-state index contributed by atoms with van der Waals surface area (Å²) >= 11 is 0. The number of hydrogen-bond acceptors (Lipinski definition) is 3. The first kappa shape index (κ1) is 17.5. The van der Waals surface area contributed by atoms with Crippen molar-refractivity contribution < 1.29 is 8.42 Å². The van der Waals surface area contributed by atoms with Gasteiger partial charge in [-0.15, -0.1) is 0 Å². The molecule has 0 unspecified atom stereocenters. The Labute approximate surface area is 152 Å². The smallest absolute Gasteiger partial charge is 0.240 e. The van der Waals surface area contributed by atoms with Crippen molar-refractivity contribution in [3.8, 4) is 0 Å². The molecule has 5 rings (SSSR count). The van der Waals surface area contributed by atoms with Crippen molar-refractivity contribution in [2.75, 3.05) is 27.2 Å². The van der Waals surface area contributed by atoms with Crippen LogP contribution in [0.15, 0.2) is 29.2 Å².